The van der Waals surface area contributed by atoms with Gasteiger partial charge in [-0.25, -0.2) is 0 Å². The average molecular weight is 179 g/mol. The lowest BCUT2D eigenvalue weighted by atomic mass is 10.2. The topological polar surface area (TPSA) is 29.9 Å². The van der Waals surface area contributed by atoms with Crippen molar-refractivity contribution in [2.75, 3.05) is 6.54 Å². The van der Waals surface area contributed by atoms with Crippen LogP contribution in [0.3, 0.4) is 0 Å². The first-order valence-corrected chi connectivity index (χ1v) is 4.62. The SMILES string of the molecule is C=CCn1cc(CNCC)c(C)n1. The molecule has 1 rings (SSSR count). The lowest BCUT2D eigenvalue weighted by molar-refractivity contribution is 0.692. The van der Waals surface area contributed by atoms with Gasteiger partial charge in [0.05, 0.1) is 12.2 Å². The van der Waals surface area contributed by atoms with Gasteiger partial charge in [0, 0.05) is 18.3 Å². The van der Waals surface area contributed by atoms with Gasteiger partial charge in [-0.1, -0.05) is 13.0 Å². The van der Waals surface area contributed by atoms with E-state index in [1.54, 1.807) is 0 Å². The van der Waals surface area contributed by atoms with E-state index >= 15 is 0 Å². The van der Waals surface area contributed by atoms with E-state index in [1.807, 2.05) is 17.7 Å². The van der Waals surface area contributed by atoms with Gasteiger partial charge in [0.15, 0.2) is 0 Å². The molecule has 1 N–H and O–H groups in total. The lowest BCUT2D eigenvalue weighted by Crippen LogP contribution is -2.11. The first-order valence-electron chi connectivity index (χ1n) is 4.62. The number of rotatable bonds is 5. The maximum atomic E-state index is 4.36. The minimum absolute atomic E-state index is 0.785. The third-order valence-electron chi connectivity index (χ3n) is 1.93. The molecule has 13 heavy (non-hydrogen) atoms. The molecular formula is C10H17N3. The first-order chi connectivity index (χ1) is 6.27. The van der Waals surface area contributed by atoms with Crippen LogP contribution in [0.5, 0.6) is 0 Å². The number of hydrogen-bond donors (Lipinski definition) is 1. The van der Waals surface area contributed by atoms with Gasteiger partial charge in [0.1, 0.15) is 0 Å². The largest absolute Gasteiger partial charge is 0.313 e. The number of aryl methyl sites for hydroxylation is 1. The fourth-order valence-electron chi connectivity index (χ4n) is 1.22. The van der Waals surface area contributed by atoms with E-state index in [1.165, 1.54) is 5.56 Å². The molecule has 0 aliphatic carbocycles. The zero-order valence-electron chi connectivity index (χ0n) is 8.38. The molecular weight excluding hydrogens is 162 g/mol. The highest BCUT2D eigenvalue weighted by atomic mass is 15.3. The highest BCUT2D eigenvalue weighted by Gasteiger charge is 2.02. The van der Waals surface area contributed by atoms with Crippen LogP contribution in [-0.4, -0.2) is 16.3 Å². The van der Waals surface area contributed by atoms with Crippen LogP contribution in [0.25, 0.3) is 0 Å². The molecule has 0 fully saturated rings. The van der Waals surface area contributed by atoms with Gasteiger partial charge < -0.3 is 5.32 Å². The van der Waals surface area contributed by atoms with Gasteiger partial charge >= 0.3 is 0 Å². The molecule has 1 heterocycles. The zero-order chi connectivity index (χ0) is 9.68. The molecule has 0 unspecified atom stereocenters. The summed E-state index contributed by atoms with van der Waals surface area (Å²) >= 11 is 0. The molecule has 3 heteroatoms. The summed E-state index contributed by atoms with van der Waals surface area (Å²) in [6.45, 7) is 10.5. The highest BCUT2D eigenvalue weighted by Crippen LogP contribution is 2.04. The minimum atomic E-state index is 0.785. The van der Waals surface area contributed by atoms with Crippen LogP contribution in [0.15, 0.2) is 18.9 Å². The van der Waals surface area contributed by atoms with E-state index in [0.717, 1.165) is 25.3 Å². The molecule has 0 radical (unpaired) electrons. The van der Waals surface area contributed by atoms with Crippen LogP contribution in [0.2, 0.25) is 0 Å². The summed E-state index contributed by atoms with van der Waals surface area (Å²) in [6, 6.07) is 0. The van der Waals surface area contributed by atoms with Gasteiger partial charge in [-0.15, -0.1) is 6.58 Å². The third kappa shape index (κ3) is 2.70. The van der Waals surface area contributed by atoms with Crippen molar-refractivity contribution in [1.29, 1.82) is 0 Å². The van der Waals surface area contributed by atoms with E-state index in [9.17, 15) is 0 Å². The minimum Gasteiger partial charge on any atom is -0.313 e. The molecule has 0 saturated carbocycles. The number of nitrogens with zero attached hydrogens (tertiary/aromatic N) is 2. The Hall–Kier alpha value is -1.09. The van der Waals surface area contributed by atoms with Crippen LogP contribution in [0.1, 0.15) is 18.2 Å². The Bertz CT molecular complexity index is 276. The molecule has 0 aromatic carbocycles. The van der Waals surface area contributed by atoms with Crippen LogP contribution >= 0.6 is 0 Å². The Morgan fingerprint density at radius 1 is 1.69 bits per heavy atom. The number of nitrogens with one attached hydrogen (secondary N) is 1. The summed E-state index contributed by atoms with van der Waals surface area (Å²) in [5.74, 6) is 0. The van der Waals surface area contributed by atoms with E-state index < -0.39 is 0 Å². The summed E-state index contributed by atoms with van der Waals surface area (Å²) in [4.78, 5) is 0. The smallest absolute Gasteiger partial charge is 0.0638 e. The van der Waals surface area contributed by atoms with E-state index in [-0.39, 0.29) is 0 Å². The van der Waals surface area contributed by atoms with Crippen molar-refractivity contribution in [3.8, 4) is 0 Å². The van der Waals surface area contributed by atoms with Gasteiger partial charge in [0.2, 0.25) is 0 Å². The van der Waals surface area contributed by atoms with Crippen molar-refractivity contribution in [2.45, 2.75) is 26.9 Å². The maximum Gasteiger partial charge on any atom is 0.0638 e. The molecule has 0 saturated heterocycles. The molecule has 0 atom stereocenters. The Balaban J connectivity index is 2.65. The van der Waals surface area contributed by atoms with Crippen molar-refractivity contribution >= 4 is 0 Å². The molecule has 1 aromatic rings. The van der Waals surface area contributed by atoms with E-state index in [2.05, 4.69) is 30.1 Å². The molecule has 0 spiro atoms. The normalized spacial score (nSPS) is 10.3. The fourth-order valence-corrected chi connectivity index (χ4v) is 1.22. The van der Waals surface area contributed by atoms with Gasteiger partial charge in [-0.2, -0.15) is 5.10 Å². The van der Waals surface area contributed by atoms with Gasteiger partial charge in [-0.3, -0.25) is 4.68 Å². The van der Waals surface area contributed by atoms with Crippen molar-refractivity contribution in [2.24, 2.45) is 0 Å². The van der Waals surface area contributed by atoms with Crippen molar-refractivity contribution in [3.63, 3.8) is 0 Å². The Morgan fingerprint density at radius 3 is 3.08 bits per heavy atom. The average Bonchev–Trinajstić information content (AvgIpc) is 2.44. The molecule has 0 amide bonds. The summed E-state index contributed by atoms with van der Waals surface area (Å²) in [7, 11) is 0. The second kappa shape index (κ2) is 4.82. The number of allylic oxidation sites excluding steroid dienone is 1. The van der Waals surface area contributed by atoms with E-state index in [4.69, 9.17) is 0 Å². The molecule has 0 aliphatic rings. The summed E-state index contributed by atoms with van der Waals surface area (Å²) in [6.07, 6.45) is 3.92. The summed E-state index contributed by atoms with van der Waals surface area (Å²) in [5, 5.41) is 7.64. The van der Waals surface area contributed by atoms with Gasteiger partial charge in [0.25, 0.3) is 0 Å². The van der Waals surface area contributed by atoms with Crippen LogP contribution in [-0.2, 0) is 13.1 Å². The molecule has 0 aliphatic heterocycles. The van der Waals surface area contributed by atoms with Crippen molar-refractivity contribution in [1.82, 2.24) is 15.1 Å². The molecule has 72 valence electrons. The second-order valence-electron chi connectivity index (χ2n) is 3.03. The third-order valence-corrected chi connectivity index (χ3v) is 1.93. The van der Waals surface area contributed by atoms with Crippen LogP contribution in [0.4, 0.5) is 0 Å². The predicted molar refractivity (Wildman–Crippen MR) is 54.5 cm³/mol. The highest BCUT2D eigenvalue weighted by molar-refractivity contribution is 5.15. The zero-order valence-corrected chi connectivity index (χ0v) is 8.38. The summed E-state index contributed by atoms with van der Waals surface area (Å²) in [5.41, 5.74) is 2.37. The van der Waals surface area contributed by atoms with Gasteiger partial charge in [-0.05, 0) is 13.5 Å². The summed E-state index contributed by atoms with van der Waals surface area (Å²) < 4.78 is 1.91. The second-order valence-corrected chi connectivity index (χ2v) is 3.03. The number of aromatic nitrogens is 2. The monoisotopic (exact) mass is 179 g/mol. The van der Waals surface area contributed by atoms with Crippen molar-refractivity contribution in [3.05, 3.63) is 30.1 Å². The molecule has 0 bridgehead atoms. The van der Waals surface area contributed by atoms with Crippen LogP contribution in [0, 0.1) is 6.92 Å². The predicted octanol–water partition coefficient (Wildman–Crippen LogP) is 1.49. The molecule has 3 nitrogen and oxygen atoms in total. The lowest BCUT2D eigenvalue weighted by Gasteiger charge is -1.97. The quantitative estimate of drug-likeness (QED) is 0.694. The number of hydrogen-bond acceptors (Lipinski definition) is 2. The Kier molecular flexibility index (Phi) is 3.71. The maximum absolute atomic E-state index is 4.36. The standard InChI is InChI=1S/C10H17N3/c1-4-6-13-8-10(7-11-5-2)9(3)12-13/h4,8,11H,1,5-7H2,2-3H3. The Morgan fingerprint density at radius 2 is 2.46 bits per heavy atom. The Labute approximate surface area is 79.5 Å². The van der Waals surface area contributed by atoms with Crippen LogP contribution < -0.4 is 5.32 Å². The van der Waals surface area contributed by atoms with E-state index in [0.29, 0.717) is 0 Å². The first kappa shape index (κ1) is 9.99. The molecule has 1 aromatic heterocycles. The fraction of sp³-hybridized carbons (Fsp3) is 0.500. The van der Waals surface area contributed by atoms with Crippen molar-refractivity contribution < 1.29 is 0 Å².